The topological polar surface area (TPSA) is 78.4 Å². The summed E-state index contributed by atoms with van der Waals surface area (Å²) >= 11 is 3.23. The van der Waals surface area contributed by atoms with Gasteiger partial charge in [0.05, 0.1) is 5.56 Å². The summed E-state index contributed by atoms with van der Waals surface area (Å²) in [6.07, 6.45) is 6.86. The largest absolute Gasteiger partial charge is 0.478 e. The van der Waals surface area contributed by atoms with E-state index in [1.165, 1.54) is 12.1 Å². The number of allylic oxidation sites excluding steroid dienone is 1. The number of urea groups is 1. The van der Waals surface area contributed by atoms with E-state index in [-0.39, 0.29) is 17.6 Å². The molecule has 1 aromatic carbocycles. The van der Waals surface area contributed by atoms with E-state index in [4.69, 9.17) is 5.11 Å². The van der Waals surface area contributed by atoms with Crippen molar-refractivity contribution in [1.29, 1.82) is 0 Å². The van der Waals surface area contributed by atoms with Gasteiger partial charge in [0.15, 0.2) is 0 Å². The van der Waals surface area contributed by atoms with Crippen LogP contribution in [-0.4, -0.2) is 23.1 Å². The fourth-order valence-corrected chi connectivity index (χ4v) is 2.56. The number of rotatable bonds is 3. The van der Waals surface area contributed by atoms with E-state index in [1.54, 1.807) is 6.07 Å². The van der Waals surface area contributed by atoms with E-state index in [2.05, 4.69) is 38.7 Å². The number of anilines is 1. The van der Waals surface area contributed by atoms with E-state index >= 15 is 0 Å². The average molecular weight is 339 g/mol. The molecule has 1 atom stereocenters. The normalized spacial score (nSPS) is 17.6. The summed E-state index contributed by atoms with van der Waals surface area (Å²) < 4.78 is 0.605. The molecule has 2 rings (SSSR count). The van der Waals surface area contributed by atoms with Gasteiger partial charge in [-0.1, -0.05) is 28.1 Å². The molecule has 1 aromatic rings. The lowest BCUT2D eigenvalue weighted by atomic mass is 10.0. The van der Waals surface area contributed by atoms with Crippen LogP contribution in [0.3, 0.4) is 0 Å². The summed E-state index contributed by atoms with van der Waals surface area (Å²) in [5, 5.41) is 14.5. The Bertz CT molecular complexity index is 557. The first-order chi connectivity index (χ1) is 9.54. The first kappa shape index (κ1) is 14.6. The first-order valence-corrected chi connectivity index (χ1v) is 7.10. The van der Waals surface area contributed by atoms with Gasteiger partial charge in [-0.15, -0.1) is 0 Å². The zero-order valence-electron chi connectivity index (χ0n) is 10.7. The Labute approximate surface area is 125 Å². The van der Waals surface area contributed by atoms with Gasteiger partial charge in [0.25, 0.3) is 0 Å². The van der Waals surface area contributed by atoms with Crippen molar-refractivity contribution in [3.05, 3.63) is 40.4 Å². The van der Waals surface area contributed by atoms with E-state index in [1.807, 2.05) is 0 Å². The van der Waals surface area contributed by atoms with Gasteiger partial charge in [0.2, 0.25) is 0 Å². The monoisotopic (exact) mass is 338 g/mol. The molecule has 0 saturated carbocycles. The summed E-state index contributed by atoms with van der Waals surface area (Å²) in [6, 6.07) is 4.38. The molecule has 0 aliphatic heterocycles. The predicted octanol–water partition coefficient (Wildman–Crippen LogP) is 3.38. The number of carbonyl (C=O) groups is 2. The second kappa shape index (κ2) is 6.56. The number of hydrogen-bond donors (Lipinski definition) is 3. The minimum Gasteiger partial charge on any atom is -0.478 e. The Morgan fingerprint density at radius 2 is 2.05 bits per heavy atom. The lowest BCUT2D eigenvalue weighted by Gasteiger charge is -2.19. The molecule has 1 unspecified atom stereocenters. The van der Waals surface area contributed by atoms with Crippen molar-refractivity contribution in [2.75, 3.05) is 5.32 Å². The molecule has 1 aliphatic carbocycles. The zero-order chi connectivity index (χ0) is 14.5. The molecule has 1 aliphatic rings. The van der Waals surface area contributed by atoms with Crippen LogP contribution in [0.4, 0.5) is 10.5 Å². The van der Waals surface area contributed by atoms with Gasteiger partial charge >= 0.3 is 12.0 Å². The highest BCUT2D eigenvalue weighted by Crippen LogP contribution is 2.20. The smallest absolute Gasteiger partial charge is 0.335 e. The molecule has 0 fully saturated rings. The zero-order valence-corrected chi connectivity index (χ0v) is 12.3. The molecular weight excluding hydrogens is 324 g/mol. The van der Waals surface area contributed by atoms with Gasteiger partial charge in [-0.2, -0.15) is 0 Å². The maximum atomic E-state index is 11.9. The fraction of sp³-hybridized carbons (Fsp3) is 0.286. The molecular formula is C14H15BrN2O3. The van der Waals surface area contributed by atoms with Crippen LogP contribution in [0.5, 0.6) is 0 Å². The number of halogens is 1. The lowest BCUT2D eigenvalue weighted by Crippen LogP contribution is -2.38. The van der Waals surface area contributed by atoms with Crippen LogP contribution in [0.2, 0.25) is 0 Å². The number of carbonyl (C=O) groups excluding carboxylic acids is 1. The van der Waals surface area contributed by atoms with Gasteiger partial charge in [0.1, 0.15) is 0 Å². The second-order valence-electron chi connectivity index (χ2n) is 4.61. The van der Waals surface area contributed by atoms with Gasteiger partial charge in [-0.05, 0) is 37.5 Å². The molecule has 0 saturated heterocycles. The van der Waals surface area contributed by atoms with Crippen molar-refractivity contribution in [2.45, 2.75) is 25.3 Å². The van der Waals surface area contributed by atoms with Crippen molar-refractivity contribution in [3.63, 3.8) is 0 Å². The number of carboxylic acid groups (broad SMARTS) is 1. The molecule has 3 N–H and O–H groups in total. The maximum Gasteiger partial charge on any atom is 0.335 e. The number of benzene rings is 1. The van der Waals surface area contributed by atoms with Crippen LogP contribution < -0.4 is 10.6 Å². The predicted molar refractivity (Wildman–Crippen MR) is 80.0 cm³/mol. The third-order valence-corrected chi connectivity index (χ3v) is 3.46. The minimum atomic E-state index is -1.04. The Morgan fingerprint density at radius 1 is 1.25 bits per heavy atom. The summed E-state index contributed by atoms with van der Waals surface area (Å²) in [5.74, 6) is -1.04. The molecule has 0 radical (unpaired) electrons. The Morgan fingerprint density at radius 3 is 2.70 bits per heavy atom. The standard InChI is InChI=1S/C14H15BrN2O3/c15-10-6-9(13(18)19)7-12(8-10)17-14(20)16-11-4-2-1-3-5-11/h1-2,6-8,11H,3-5H2,(H,18,19)(H2,16,17,20). The molecule has 5 nitrogen and oxygen atoms in total. The van der Waals surface area contributed by atoms with Crippen LogP contribution in [0.15, 0.2) is 34.8 Å². The van der Waals surface area contributed by atoms with Gasteiger partial charge in [-0.3, -0.25) is 0 Å². The van der Waals surface area contributed by atoms with Crippen molar-refractivity contribution in [1.82, 2.24) is 5.32 Å². The Hall–Kier alpha value is -1.82. The molecule has 2 amide bonds. The van der Waals surface area contributed by atoms with Crippen LogP contribution in [-0.2, 0) is 0 Å². The summed E-state index contributed by atoms with van der Waals surface area (Å²) in [7, 11) is 0. The molecule has 6 heteroatoms. The van der Waals surface area contributed by atoms with E-state index in [0.717, 1.165) is 19.3 Å². The van der Waals surface area contributed by atoms with E-state index < -0.39 is 5.97 Å². The minimum absolute atomic E-state index is 0.121. The third kappa shape index (κ3) is 4.09. The Balaban J connectivity index is 2.00. The number of hydrogen-bond acceptors (Lipinski definition) is 2. The highest BCUT2D eigenvalue weighted by molar-refractivity contribution is 9.10. The van der Waals surface area contributed by atoms with Gasteiger partial charge in [-0.25, -0.2) is 9.59 Å². The third-order valence-electron chi connectivity index (χ3n) is 3.01. The molecule has 20 heavy (non-hydrogen) atoms. The highest BCUT2D eigenvalue weighted by Gasteiger charge is 2.13. The van der Waals surface area contributed by atoms with E-state index in [9.17, 15) is 9.59 Å². The van der Waals surface area contributed by atoms with E-state index in [0.29, 0.717) is 10.2 Å². The maximum absolute atomic E-state index is 11.9. The molecule has 0 bridgehead atoms. The highest BCUT2D eigenvalue weighted by atomic mass is 79.9. The number of aromatic carboxylic acids is 1. The lowest BCUT2D eigenvalue weighted by molar-refractivity contribution is 0.0697. The van der Waals surface area contributed by atoms with Gasteiger partial charge < -0.3 is 15.7 Å². The van der Waals surface area contributed by atoms with Gasteiger partial charge in [0, 0.05) is 16.2 Å². The fourth-order valence-electron chi connectivity index (χ4n) is 2.06. The van der Waals surface area contributed by atoms with Crippen molar-refractivity contribution in [3.8, 4) is 0 Å². The quantitative estimate of drug-likeness (QED) is 0.739. The number of nitrogens with one attached hydrogen (secondary N) is 2. The summed E-state index contributed by atoms with van der Waals surface area (Å²) in [5.41, 5.74) is 0.566. The first-order valence-electron chi connectivity index (χ1n) is 6.31. The SMILES string of the molecule is O=C(Nc1cc(Br)cc(C(=O)O)c1)NC1CC=CCC1. The number of amides is 2. The van der Waals surface area contributed by atoms with Crippen LogP contribution in [0.1, 0.15) is 29.6 Å². The summed E-state index contributed by atoms with van der Waals surface area (Å²) in [4.78, 5) is 22.8. The van der Waals surface area contributed by atoms with Crippen molar-refractivity contribution < 1.29 is 14.7 Å². The van der Waals surface area contributed by atoms with Crippen LogP contribution in [0.25, 0.3) is 0 Å². The molecule has 106 valence electrons. The van der Waals surface area contributed by atoms with Crippen molar-refractivity contribution >= 4 is 33.6 Å². The van der Waals surface area contributed by atoms with Crippen molar-refractivity contribution in [2.24, 2.45) is 0 Å². The Kier molecular flexibility index (Phi) is 4.79. The molecule has 0 spiro atoms. The average Bonchev–Trinajstić information content (AvgIpc) is 2.38. The molecule has 0 aromatic heterocycles. The van der Waals surface area contributed by atoms with Crippen LogP contribution in [0, 0.1) is 0 Å². The summed E-state index contributed by atoms with van der Waals surface area (Å²) in [6.45, 7) is 0. The second-order valence-corrected chi connectivity index (χ2v) is 5.53. The molecule has 0 heterocycles. The number of carboxylic acids is 1. The van der Waals surface area contributed by atoms with Crippen LogP contribution >= 0.6 is 15.9 Å².